The molecule has 1 aromatic carbocycles. The van der Waals surface area contributed by atoms with Crippen LogP contribution in [-0.2, 0) is 10.0 Å². The molecule has 0 N–H and O–H groups in total. The number of rotatable bonds is 6. The molecule has 0 radical (unpaired) electrons. The predicted octanol–water partition coefficient (Wildman–Crippen LogP) is 3.15. The third-order valence-electron chi connectivity index (χ3n) is 2.57. The highest BCUT2D eigenvalue weighted by molar-refractivity contribution is 9.10. The summed E-state index contributed by atoms with van der Waals surface area (Å²) in [6, 6.07) is 5.62. The van der Waals surface area contributed by atoms with Gasteiger partial charge in [0, 0.05) is 19.5 Å². The number of hydrogen-bond donors (Lipinski definition) is 0. The van der Waals surface area contributed by atoms with Gasteiger partial charge in [-0.3, -0.25) is 0 Å². The molecule has 110 valence electrons. The van der Waals surface area contributed by atoms with Crippen molar-refractivity contribution in [2.24, 2.45) is 5.92 Å². The van der Waals surface area contributed by atoms with Crippen molar-refractivity contribution < 1.29 is 12.8 Å². The molecule has 0 heterocycles. The van der Waals surface area contributed by atoms with Gasteiger partial charge < -0.3 is 0 Å². The van der Waals surface area contributed by atoms with Gasteiger partial charge in [0.2, 0.25) is 10.0 Å². The Bertz CT molecular complexity index is 611. The van der Waals surface area contributed by atoms with Crippen molar-refractivity contribution in [2.75, 3.05) is 13.1 Å². The molecule has 4 nitrogen and oxygen atoms in total. The van der Waals surface area contributed by atoms with Gasteiger partial charge in [-0.1, -0.05) is 13.8 Å². The first-order valence-corrected chi connectivity index (χ1v) is 8.34. The van der Waals surface area contributed by atoms with Crippen LogP contribution in [0.1, 0.15) is 20.3 Å². The Morgan fingerprint density at radius 2 is 2.10 bits per heavy atom. The van der Waals surface area contributed by atoms with Crippen LogP contribution < -0.4 is 0 Å². The van der Waals surface area contributed by atoms with Crippen LogP contribution in [0.5, 0.6) is 0 Å². The van der Waals surface area contributed by atoms with Crippen molar-refractivity contribution in [3.05, 3.63) is 28.5 Å². The molecule has 0 unspecified atom stereocenters. The molecule has 0 amide bonds. The summed E-state index contributed by atoms with van der Waals surface area (Å²) in [4.78, 5) is -0.100. The summed E-state index contributed by atoms with van der Waals surface area (Å²) in [5.74, 6) is -0.514. The Morgan fingerprint density at radius 3 is 2.60 bits per heavy atom. The second kappa shape index (κ2) is 7.16. The average molecular weight is 363 g/mol. The van der Waals surface area contributed by atoms with Gasteiger partial charge >= 0.3 is 0 Å². The van der Waals surface area contributed by atoms with Gasteiger partial charge in [-0.25, -0.2) is 12.8 Å². The molecule has 0 spiro atoms. The van der Waals surface area contributed by atoms with Gasteiger partial charge in [0.05, 0.1) is 15.4 Å². The van der Waals surface area contributed by atoms with Gasteiger partial charge in [0.1, 0.15) is 5.82 Å². The van der Waals surface area contributed by atoms with E-state index in [1.165, 1.54) is 16.4 Å². The van der Waals surface area contributed by atoms with Crippen molar-refractivity contribution in [2.45, 2.75) is 25.2 Å². The van der Waals surface area contributed by atoms with Gasteiger partial charge in [-0.2, -0.15) is 9.57 Å². The minimum atomic E-state index is -3.79. The third kappa shape index (κ3) is 4.27. The van der Waals surface area contributed by atoms with E-state index in [1.807, 2.05) is 19.9 Å². The second-order valence-electron chi connectivity index (χ2n) is 4.74. The summed E-state index contributed by atoms with van der Waals surface area (Å²) < 4.78 is 39.9. The smallest absolute Gasteiger partial charge is 0.207 e. The van der Waals surface area contributed by atoms with E-state index in [4.69, 9.17) is 5.26 Å². The van der Waals surface area contributed by atoms with Crippen molar-refractivity contribution in [1.82, 2.24) is 4.31 Å². The molecule has 1 aromatic rings. The van der Waals surface area contributed by atoms with E-state index in [0.717, 1.165) is 6.07 Å². The van der Waals surface area contributed by atoms with Crippen molar-refractivity contribution in [1.29, 1.82) is 5.26 Å². The Morgan fingerprint density at radius 1 is 1.45 bits per heavy atom. The zero-order valence-corrected chi connectivity index (χ0v) is 13.7. The standard InChI is InChI=1S/C13H16BrFN2O2S/c1-10(2)9-17(7-3-6-16)20(18,19)11-4-5-12(14)13(15)8-11/h4-5,8,10H,3,7,9H2,1-2H3. The quantitative estimate of drug-likeness (QED) is 0.780. The lowest BCUT2D eigenvalue weighted by atomic mass is 10.2. The highest BCUT2D eigenvalue weighted by atomic mass is 79.9. The largest absolute Gasteiger partial charge is 0.243 e. The lowest BCUT2D eigenvalue weighted by molar-refractivity contribution is 0.372. The van der Waals surface area contributed by atoms with E-state index >= 15 is 0 Å². The zero-order chi connectivity index (χ0) is 15.3. The van der Waals surface area contributed by atoms with Crippen LogP contribution in [0.2, 0.25) is 0 Å². The molecular weight excluding hydrogens is 347 g/mol. The Kier molecular flexibility index (Phi) is 6.11. The molecule has 1 rings (SSSR count). The first kappa shape index (κ1) is 17.1. The topological polar surface area (TPSA) is 61.2 Å². The molecule has 0 aromatic heterocycles. The summed E-state index contributed by atoms with van der Waals surface area (Å²) in [6.45, 7) is 4.17. The molecule has 0 saturated carbocycles. The second-order valence-corrected chi connectivity index (χ2v) is 7.53. The summed E-state index contributed by atoms with van der Waals surface area (Å²) in [5.41, 5.74) is 0. The molecule has 7 heteroatoms. The Labute approximate surface area is 127 Å². The summed E-state index contributed by atoms with van der Waals surface area (Å²) in [7, 11) is -3.79. The molecule has 0 aliphatic carbocycles. The van der Waals surface area contributed by atoms with Crippen LogP contribution in [0.4, 0.5) is 4.39 Å². The maximum Gasteiger partial charge on any atom is 0.243 e. The van der Waals surface area contributed by atoms with E-state index in [1.54, 1.807) is 0 Å². The van der Waals surface area contributed by atoms with Gasteiger partial charge in [-0.15, -0.1) is 0 Å². The normalized spacial score (nSPS) is 11.8. The highest BCUT2D eigenvalue weighted by Crippen LogP contribution is 2.22. The van der Waals surface area contributed by atoms with Crippen LogP contribution in [0.3, 0.4) is 0 Å². The molecule has 0 atom stereocenters. The molecule has 0 aliphatic heterocycles. The molecular formula is C13H16BrFN2O2S. The van der Waals surface area contributed by atoms with E-state index in [9.17, 15) is 12.8 Å². The van der Waals surface area contributed by atoms with Crippen LogP contribution in [0.15, 0.2) is 27.6 Å². The number of sulfonamides is 1. The maximum atomic E-state index is 13.5. The van der Waals surface area contributed by atoms with E-state index in [-0.39, 0.29) is 28.3 Å². The monoisotopic (exact) mass is 362 g/mol. The summed E-state index contributed by atoms with van der Waals surface area (Å²) in [6.07, 6.45) is 0.102. The molecule has 0 aliphatic rings. The summed E-state index contributed by atoms with van der Waals surface area (Å²) in [5, 5.41) is 8.63. The Hall–Kier alpha value is -0.970. The van der Waals surface area contributed by atoms with E-state index in [0.29, 0.717) is 6.54 Å². The molecule has 0 fully saturated rings. The average Bonchev–Trinajstić information content (AvgIpc) is 2.37. The lowest BCUT2D eigenvalue weighted by Gasteiger charge is -2.23. The fraction of sp³-hybridized carbons (Fsp3) is 0.462. The van der Waals surface area contributed by atoms with Crippen LogP contribution in [-0.4, -0.2) is 25.8 Å². The molecule has 0 bridgehead atoms. The number of hydrogen-bond acceptors (Lipinski definition) is 3. The first-order chi connectivity index (χ1) is 9.28. The van der Waals surface area contributed by atoms with Crippen molar-refractivity contribution in [3.63, 3.8) is 0 Å². The van der Waals surface area contributed by atoms with Crippen LogP contribution >= 0.6 is 15.9 Å². The molecule has 20 heavy (non-hydrogen) atoms. The predicted molar refractivity (Wildman–Crippen MR) is 77.9 cm³/mol. The first-order valence-electron chi connectivity index (χ1n) is 6.11. The SMILES string of the molecule is CC(C)CN(CCC#N)S(=O)(=O)c1ccc(Br)c(F)c1. The fourth-order valence-electron chi connectivity index (χ4n) is 1.68. The fourth-order valence-corrected chi connectivity index (χ4v) is 3.54. The van der Waals surface area contributed by atoms with Gasteiger partial charge in [0.25, 0.3) is 0 Å². The molecule has 0 saturated heterocycles. The van der Waals surface area contributed by atoms with Crippen molar-refractivity contribution >= 4 is 26.0 Å². The van der Waals surface area contributed by atoms with Crippen LogP contribution in [0.25, 0.3) is 0 Å². The number of halogens is 2. The highest BCUT2D eigenvalue weighted by Gasteiger charge is 2.25. The van der Waals surface area contributed by atoms with E-state index < -0.39 is 15.8 Å². The van der Waals surface area contributed by atoms with Crippen LogP contribution in [0, 0.1) is 23.1 Å². The zero-order valence-electron chi connectivity index (χ0n) is 11.3. The van der Waals surface area contributed by atoms with Gasteiger partial charge in [-0.05, 0) is 40.0 Å². The minimum Gasteiger partial charge on any atom is -0.207 e. The van der Waals surface area contributed by atoms with E-state index in [2.05, 4.69) is 15.9 Å². The summed E-state index contributed by atoms with van der Waals surface area (Å²) >= 11 is 2.99. The lowest BCUT2D eigenvalue weighted by Crippen LogP contribution is -2.35. The number of nitrogens with zero attached hydrogens (tertiary/aromatic N) is 2. The Balaban J connectivity index is 3.14. The van der Waals surface area contributed by atoms with Gasteiger partial charge in [0.15, 0.2) is 0 Å². The third-order valence-corrected chi connectivity index (χ3v) is 5.07. The number of nitriles is 1. The maximum absolute atomic E-state index is 13.5. The number of benzene rings is 1. The van der Waals surface area contributed by atoms with Crippen molar-refractivity contribution in [3.8, 4) is 6.07 Å². The minimum absolute atomic E-state index is 0.100.